The minimum atomic E-state index is -0.413. The first kappa shape index (κ1) is 15.8. The summed E-state index contributed by atoms with van der Waals surface area (Å²) in [7, 11) is 3.75. The number of hydrogen-bond donors (Lipinski definition) is 1. The molecule has 6 heteroatoms. The van der Waals surface area contributed by atoms with E-state index in [-0.39, 0.29) is 0 Å². The average Bonchev–Trinajstić information content (AvgIpc) is 2.50. The van der Waals surface area contributed by atoms with Crippen molar-refractivity contribution in [1.29, 1.82) is 0 Å². The predicted octanol–water partition coefficient (Wildman–Crippen LogP) is 5.00. The van der Waals surface area contributed by atoms with Crippen LogP contribution in [0.3, 0.4) is 0 Å². The van der Waals surface area contributed by atoms with Crippen molar-refractivity contribution in [2.75, 3.05) is 24.7 Å². The molecule has 0 aliphatic heterocycles. The van der Waals surface area contributed by atoms with Crippen LogP contribution in [0.15, 0.2) is 36.5 Å². The summed E-state index contributed by atoms with van der Waals surface area (Å²) < 4.78 is 14.6. The number of benzene rings is 2. The van der Waals surface area contributed by atoms with Gasteiger partial charge in [0.15, 0.2) is 0 Å². The lowest BCUT2D eigenvalue weighted by atomic mass is 10.00. The van der Waals surface area contributed by atoms with Crippen molar-refractivity contribution in [2.24, 2.45) is 0 Å². The Labute approximate surface area is 143 Å². The minimum Gasteiger partial charge on any atom is -0.396 e. The molecular weight excluding hydrogens is 336 g/mol. The molecule has 3 aromatic rings. The Morgan fingerprint density at radius 3 is 2.57 bits per heavy atom. The number of nitrogens with zero attached hydrogens (tertiary/aromatic N) is 2. The molecule has 0 saturated heterocycles. The van der Waals surface area contributed by atoms with Gasteiger partial charge in [0.2, 0.25) is 0 Å². The SMILES string of the molecule is CN(C)c1c(N)cnc2c(-c3cccc(Cl)c3Cl)c(F)ccc12. The number of rotatable bonds is 2. The molecule has 2 N–H and O–H groups in total. The highest BCUT2D eigenvalue weighted by atomic mass is 35.5. The monoisotopic (exact) mass is 349 g/mol. The quantitative estimate of drug-likeness (QED) is 0.708. The molecule has 3 nitrogen and oxygen atoms in total. The molecule has 0 aliphatic carbocycles. The van der Waals surface area contributed by atoms with E-state index in [1.807, 2.05) is 19.0 Å². The van der Waals surface area contributed by atoms with Crippen molar-refractivity contribution in [3.63, 3.8) is 0 Å². The second kappa shape index (κ2) is 5.87. The van der Waals surface area contributed by atoms with Crippen LogP contribution in [0.5, 0.6) is 0 Å². The van der Waals surface area contributed by atoms with Gasteiger partial charge in [-0.2, -0.15) is 0 Å². The molecule has 0 atom stereocenters. The smallest absolute Gasteiger partial charge is 0.133 e. The van der Waals surface area contributed by atoms with Crippen LogP contribution < -0.4 is 10.6 Å². The lowest BCUT2D eigenvalue weighted by Gasteiger charge is -2.19. The molecule has 0 saturated carbocycles. The van der Waals surface area contributed by atoms with Gasteiger partial charge in [-0.3, -0.25) is 4.98 Å². The molecule has 1 heterocycles. The van der Waals surface area contributed by atoms with Gasteiger partial charge in [-0.05, 0) is 18.2 Å². The third kappa shape index (κ3) is 2.58. The fourth-order valence-electron chi connectivity index (χ4n) is 2.69. The van der Waals surface area contributed by atoms with Gasteiger partial charge < -0.3 is 10.6 Å². The molecule has 1 aromatic heterocycles. The summed E-state index contributed by atoms with van der Waals surface area (Å²) in [5.74, 6) is -0.413. The highest BCUT2D eigenvalue weighted by molar-refractivity contribution is 6.44. The summed E-state index contributed by atoms with van der Waals surface area (Å²) in [5.41, 5.74) is 8.65. The maximum absolute atomic E-state index is 14.6. The minimum absolute atomic E-state index is 0.297. The van der Waals surface area contributed by atoms with Gasteiger partial charge in [0.25, 0.3) is 0 Å². The van der Waals surface area contributed by atoms with Crippen molar-refractivity contribution in [1.82, 2.24) is 4.98 Å². The van der Waals surface area contributed by atoms with Gasteiger partial charge in [0.1, 0.15) is 5.82 Å². The van der Waals surface area contributed by atoms with E-state index >= 15 is 0 Å². The number of halogens is 3. The van der Waals surface area contributed by atoms with Crippen molar-refractivity contribution in [3.05, 3.63) is 52.4 Å². The van der Waals surface area contributed by atoms with Crippen LogP contribution in [0.2, 0.25) is 10.0 Å². The summed E-state index contributed by atoms with van der Waals surface area (Å²) >= 11 is 12.3. The zero-order valence-electron chi connectivity index (χ0n) is 12.6. The number of nitrogen functional groups attached to an aromatic ring is 1. The lowest BCUT2D eigenvalue weighted by Crippen LogP contribution is -2.12. The Balaban J connectivity index is 2.44. The molecule has 0 amide bonds. The maximum atomic E-state index is 14.6. The zero-order chi connectivity index (χ0) is 16.7. The summed E-state index contributed by atoms with van der Waals surface area (Å²) in [4.78, 5) is 6.21. The van der Waals surface area contributed by atoms with Crippen LogP contribution in [0.25, 0.3) is 22.0 Å². The van der Waals surface area contributed by atoms with Crippen LogP contribution in [0.4, 0.5) is 15.8 Å². The van der Waals surface area contributed by atoms with Crippen molar-refractivity contribution in [3.8, 4) is 11.1 Å². The largest absolute Gasteiger partial charge is 0.396 e. The first-order valence-electron chi connectivity index (χ1n) is 6.90. The molecule has 2 aromatic carbocycles. The second-order valence-electron chi connectivity index (χ2n) is 5.38. The summed E-state index contributed by atoms with van der Waals surface area (Å²) in [6.07, 6.45) is 1.53. The maximum Gasteiger partial charge on any atom is 0.133 e. The predicted molar refractivity (Wildman–Crippen MR) is 95.9 cm³/mol. The van der Waals surface area contributed by atoms with E-state index in [0.29, 0.717) is 32.4 Å². The van der Waals surface area contributed by atoms with Crippen LogP contribution in [-0.4, -0.2) is 19.1 Å². The molecule has 0 unspecified atom stereocenters. The van der Waals surface area contributed by atoms with Gasteiger partial charge in [0, 0.05) is 30.6 Å². The van der Waals surface area contributed by atoms with Gasteiger partial charge in [-0.15, -0.1) is 0 Å². The number of pyridine rings is 1. The van der Waals surface area contributed by atoms with Crippen LogP contribution in [-0.2, 0) is 0 Å². The highest BCUT2D eigenvalue weighted by Gasteiger charge is 2.18. The van der Waals surface area contributed by atoms with E-state index in [9.17, 15) is 4.39 Å². The number of hydrogen-bond acceptors (Lipinski definition) is 3. The zero-order valence-corrected chi connectivity index (χ0v) is 14.1. The van der Waals surface area contributed by atoms with E-state index in [4.69, 9.17) is 28.9 Å². The van der Waals surface area contributed by atoms with E-state index in [1.165, 1.54) is 12.3 Å². The third-order valence-corrected chi connectivity index (χ3v) is 4.48. The number of anilines is 2. The Morgan fingerprint density at radius 1 is 1.13 bits per heavy atom. The van der Waals surface area contributed by atoms with Gasteiger partial charge >= 0.3 is 0 Å². The number of nitrogens with two attached hydrogens (primary N) is 1. The number of aromatic nitrogens is 1. The summed E-state index contributed by atoms with van der Waals surface area (Å²) in [6, 6.07) is 8.17. The molecule has 23 heavy (non-hydrogen) atoms. The summed E-state index contributed by atoms with van der Waals surface area (Å²) in [5, 5.41) is 1.41. The molecule has 0 bridgehead atoms. The Morgan fingerprint density at radius 2 is 1.87 bits per heavy atom. The standard InChI is InChI=1S/C17H14Cl2FN3/c1-23(2)17-10-6-7-12(20)14(16(10)22-8-13(17)21)9-4-3-5-11(18)15(9)19/h3-8H,21H2,1-2H3. The normalized spacial score (nSPS) is 11.0. The molecular formula is C17H14Cl2FN3. The fourth-order valence-corrected chi connectivity index (χ4v) is 3.09. The molecule has 0 radical (unpaired) electrons. The molecule has 3 rings (SSSR count). The van der Waals surface area contributed by atoms with Crippen molar-refractivity contribution < 1.29 is 4.39 Å². The Kier molecular flexibility index (Phi) is 4.04. The van der Waals surface area contributed by atoms with Crippen LogP contribution in [0, 0.1) is 5.82 Å². The molecule has 0 spiro atoms. The van der Waals surface area contributed by atoms with Gasteiger partial charge in [-0.25, -0.2) is 4.39 Å². The third-order valence-electron chi connectivity index (χ3n) is 3.66. The number of fused-ring (bicyclic) bond motifs is 1. The van der Waals surface area contributed by atoms with E-state index in [0.717, 1.165) is 11.1 Å². The fraction of sp³-hybridized carbons (Fsp3) is 0.118. The van der Waals surface area contributed by atoms with Gasteiger partial charge in [-0.1, -0.05) is 35.3 Å². The molecule has 0 fully saturated rings. The van der Waals surface area contributed by atoms with Crippen LogP contribution in [0.1, 0.15) is 0 Å². The van der Waals surface area contributed by atoms with Crippen LogP contribution >= 0.6 is 23.2 Å². The van der Waals surface area contributed by atoms with E-state index in [1.54, 1.807) is 24.3 Å². The first-order chi connectivity index (χ1) is 10.9. The van der Waals surface area contributed by atoms with Gasteiger partial charge in [0.05, 0.1) is 33.1 Å². The highest BCUT2D eigenvalue weighted by Crippen LogP contribution is 2.41. The van der Waals surface area contributed by atoms with E-state index in [2.05, 4.69) is 4.98 Å². The van der Waals surface area contributed by atoms with E-state index < -0.39 is 5.82 Å². The van der Waals surface area contributed by atoms with Crippen molar-refractivity contribution >= 4 is 45.5 Å². The molecule has 118 valence electrons. The second-order valence-corrected chi connectivity index (χ2v) is 6.16. The molecule has 0 aliphatic rings. The topological polar surface area (TPSA) is 42.1 Å². The Hall–Kier alpha value is -2.04. The summed E-state index contributed by atoms with van der Waals surface area (Å²) in [6.45, 7) is 0. The van der Waals surface area contributed by atoms with Crippen molar-refractivity contribution in [2.45, 2.75) is 0 Å². The Bertz CT molecular complexity index is 910. The lowest BCUT2D eigenvalue weighted by molar-refractivity contribution is 0.632. The average molecular weight is 350 g/mol. The first-order valence-corrected chi connectivity index (χ1v) is 7.65.